The standard InChI is InChI=1S/C15H23N5O2S/c1-11-8-18(3)15(16-11)13-6-5-7-20(9-13)23(21,22)14-10-19(4)17-12(14)2/h8,10,13H,5-7,9H2,1-4H3. The summed E-state index contributed by atoms with van der Waals surface area (Å²) in [5.41, 5.74) is 1.51. The number of hydrogen-bond acceptors (Lipinski definition) is 4. The second kappa shape index (κ2) is 5.76. The van der Waals surface area contributed by atoms with Gasteiger partial charge in [0.1, 0.15) is 10.7 Å². The highest BCUT2D eigenvalue weighted by Gasteiger charge is 2.34. The third kappa shape index (κ3) is 2.92. The zero-order valence-electron chi connectivity index (χ0n) is 14.0. The predicted molar refractivity (Wildman–Crippen MR) is 86.6 cm³/mol. The molecule has 3 rings (SSSR count). The van der Waals surface area contributed by atoms with Crippen LogP contribution in [0.15, 0.2) is 17.3 Å². The van der Waals surface area contributed by atoms with Crippen molar-refractivity contribution in [1.82, 2.24) is 23.6 Å². The van der Waals surface area contributed by atoms with Crippen molar-refractivity contribution in [2.45, 2.75) is 37.5 Å². The van der Waals surface area contributed by atoms with Gasteiger partial charge in [-0.1, -0.05) is 0 Å². The first-order valence-corrected chi connectivity index (χ1v) is 9.23. The first-order chi connectivity index (χ1) is 10.8. The smallest absolute Gasteiger partial charge is 0.246 e. The molecular weight excluding hydrogens is 314 g/mol. The van der Waals surface area contributed by atoms with E-state index in [1.807, 2.05) is 24.7 Å². The summed E-state index contributed by atoms with van der Waals surface area (Å²) in [6.07, 6.45) is 5.37. The van der Waals surface area contributed by atoms with Crippen molar-refractivity contribution in [3.8, 4) is 0 Å². The van der Waals surface area contributed by atoms with E-state index in [1.54, 1.807) is 29.2 Å². The lowest BCUT2D eigenvalue weighted by atomic mass is 9.99. The molecule has 7 nitrogen and oxygen atoms in total. The number of aromatic nitrogens is 4. The first kappa shape index (κ1) is 16.2. The van der Waals surface area contributed by atoms with Gasteiger partial charge < -0.3 is 4.57 Å². The van der Waals surface area contributed by atoms with Crippen molar-refractivity contribution in [2.75, 3.05) is 13.1 Å². The molecule has 1 fully saturated rings. The van der Waals surface area contributed by atoms with Crippen LogP contribution in [0.1, 0.15) is 36.0 Å². The summed E-state index contributed by atoms with van der Waals surface area (Å²) in [7, 11) is 0.198. The molecule has 3 heterocycles. The molecule has 8 heteroatoms. The van der Waals surface area contributed by atoms with Gasteiger partial charge in [-0.3, -0.25) is 4.68 Å². The zero-order chi connectivity index (χ0) is 16.8. The summed E-state index contributed by atoms with van der Waals surface area (Å²) in [6, 6.07) is 0. The number of sulfonamides is 1. The van der Waals surface area contributed by atoms with E-state index >= 15 is 0 Å². The molecule has 0 N–H and O–H groups in total. The molecule has 1 aliphatic rings. The minimum Gasteiger partial charge on any atom is -0.337 e. The Hall–Kier alpha value is -1.67. The molecule has 2 aromatic heterocycles. The van der Waals surface area contributed by atoms with Gasteiger partial charge >= 0.3 is 0 Å². The molecule has 1 aliphatic heterocycles. The van der Waals surface area contributed by atoms with Crippen LogP contribution < -0.4 is 0 Å². The van der Waals surface area contributed by atoms with E-state index in [2.05, 4.69) is 10.1 Å². The molecule has 0 bridgehead atoms. The molecule has 0 saturated carbocycles. The second-order valence-corrected chi connectivity index (χ2v) is 8.21. The average Bonchev–Trinajstić information content (AvgIpc) is 3.00. The summed E-state index contributed by atoms with van der Waals surface area (Å²) in [5.74, 6) is 1.10. The van der Waals surface area contributed by atoms with Crippen LogP contribution in [0.25, 0.3) is 0 Å². The number of nitrogens with zero attached hydrogens (tertiary/aromatic N) is 5. The van der Waals surface area contributed by atoms with Gasteiger partial charge in [0, 0.05) is 45.5 Å². The van der Waals surface area contributed by atoms with Crippen molar-refractivity contribution < 1.29 is 8.42 Å². The molecule has 1 atom stereocenters. The fourth-order valence-corrected chi connectivity index (χ4v) is 5.08. The van der Waals surface area contributed by atoms with Crippen LogP contribution in [-0.4, -0.2) is 45.1 Å². The van der Waals surface area contributed by atoms with Gasteiger partial charge in [0.05, 0.1) is 11.4 Å². The fourth-order valence-electron chi connectivity index (χ4n) is 3.36. The van der Waals surface area contributed by atoms with Gasteiger partial charge in [-0.05, 0) is 26.7 Å². The van der Waals surface area contributed by atoms with Crippen molar-refractivity contribution in [3.63, 3.8) is 0 Å². The van der Waals surface area contributed by atoms with E-state index in [1.165, 1.54) is 0 Å². The molecule has 126 valence electrons. The van der Waals surface area contributed by atoms with Gasteiger partial charge in [-0.25, -0.2) is 13.4 Å². The highest BCUT2D eigenvalue weighted by molar-refractivity contribution is 7.89. The minimum absolute atomic E-state index is 0.134. The molecule has 2 aromatic rings. The summed E-state index contributed by atoms with van der Waals surface area (Å²) in [4.78, 5) is 4.87. The van der Waals surface area contributed by atoms with Gasteiger partial charge in [0.25, 0.3) is 0 Å². The molecule has 0 amide bonds. The predicted octanol–water partition coefficient (Wildman–Crippen LogP) is 1.34. The van der Waals surface area contributed by atoms with Crippen LogP contribution in [0, 0.1) is 13.8 Å². The Balaban J connectivity index is 1.89. The van der Waals surface area contributed by atoms with Crippen molar-refractivity contribution >= 4 is 10.0 Å². The monoisotopic (exact) mass is 337 g/mol. The summed E-state index contributed by atoms with van der Waals surface area (Å²) >= 11 is 0. The van der Waals surface area contributed by atoms with E-state index in [0.29, 0.717) is 23.7 Å². The number of rotatable bonds is 3. The SMILES string of the molecule is Cc1cn(C)c(C2CCCN(S(=O)(=O)c3cn(C)nc3C)C2)n1. The van der Waals surface area contributed by atoms with Gasteiger partial charge in [0.2, 0.25) is 10.0 Å². The Labute approximate surface area is 137 Å². The lowest BCUT2D eigenvalue weighted by Crippen LogP contribution is -2.39. The highest BCUT2D eigenvalue weighted by Crippen LogP contribution is 2.30. The molecular formula is C15H23N5O2S. The third-order valence-electron chi connectivity index (χ3n) is 4.37. The average molecular weight is 337 g/mol. The van der Waals surface area contributed by atoms with Gasteiger partial charge in [-0.2, -0.15) is 9.40 Å². The van der Waals surface area contributed by atoms with Crippen LogP contribution in [-0.2, 0) is 24.1 Å². The maximum atomic E-state index is 12.9. The van der Waals surface area contributed by atoms with Crippen molar-refractivity contribution in [3.05, 3.63) is 29.6 Å². The summed E-state index contributed by atoms with van der Waals surface area (Å²) in [5, 5.41) is 4.16. The molecule has 0 aliphatic carbocycles. The number of aryl methyl sites for hydroxylation is 4. The Morgan fingerprint density at radius 2 is 1.96 bits per heavy atom. The molecule has 23 heavy (non-hydrogen) atoms. The summed E-state index contributed by atoms with van der Waals surface area (Å²) in [6.45, 7) is 4.72. The highest BCUT2D eigenvalue weighted by atomic mass is 32.2. The Kier molecular flexibility index (Phi) is 4.05. The molecule has 1 unspecified atom stereocenters. The van der Waals surface area contributed by atoms with E-state index < -0.39 is 10.0 Å². The van der Waals surface area contributed by atoms with Crippen LogP contribution in [0.2, 0.25) is 0 Å². The van der Waals surface area contributed by atoms with Gasteiger partial charge in [0.15, 0.2) is 0 Å². The van der Waals surface area contributed by atoms with Crippen LogP contribution in [0.5, 0.6) is 0 Å². The number of imidazole rings is 1. The van der Waals surface area contributed by atoms with E-state index in [4.69, 9.17) is 0 Å². The third-order valence-corrected chi connectivity index (χ3v) is 6.34. The van der Waals surface area contributed by atoms with E-state index in [0.717, 1.165) is 24.4 Å². The quantitative estimate of drug-likeness (QED) is 0.847. The maximum absolute atomic E-state index is 12.9. The Bertz CT molecular complexity index is 821. The van der Waals surface area contributed by atoms with Crippen molar-refractivity contribution in [2.24, 2.45) is 14.1 Å². The largest absolute Gasteiger partial charge is 0.337 e. The lowest BCUT2D eigenvalue weighted by molar-refractivity contribution is 0.306. The lowest BCUT2D eigenvalue weighted by Gasteiger charge is -2.31. The van der Waals surface area contributed by atoms with E-state index in [-0.39, 0.29) is 5.92 Å². The topological polar surface area (TPSA) is 73.0 Å². The molecule has 0 spiro atoms. The Morgan fingerprint density at radius 1 is 1.22 bits per heavy atom. The number of hydrogen-bond donors (Lipinski definition) is 0. The second-order valence-electron chi connectivity index (χ2n) is 6.31. The van der Waals surface area contributed by atoms with E-state index in [9.17, 15) is 8.42 Å². The maximum Gasteiger partial charge on any atom is 0.246 e. The van der Waals surface area contributed by atoms with Crippen LogP contribution in [0.3, 0.4) is 0 Å². The Morgan fingerprint density at radius 3 is 2.52 bits per heavy atom. The van der Waals surface area contributed by atoms with Crippen LogP contribution >= 0.6 is 0 Å². The fraction of sp³-hybridized carbons (Fsp3) is 0.600. The number of piperidine rings is 1. The van der Waals surface area contributed by atoms with Crippen molar-refractivity contribution in [1.29, 1.82) is 0 Å². The molecule has 0 radical (unpaired) electrons. The molecule has 1 saturated heterocycles. The minimum atomic E-state index is -3.51. The zero-order valence-corrected chi connectivity index (χ0v) is 14.8. The van der Waals surface area contributed by atoms with Crippen LogP contribution in [0.4, 0.5) is 0 Å². The first-order valence-electron chi connectivity index (χ1n) is 7.79. The summed E-state index contributed by atoms with van der Waals surface area (Å²) < 4.78 is 31.0. The van der Waals surface area contributed by atoms with Gasteiger partial charge in [-0.15, -0.1) is 0 Å². The normalized spacial score (nSPS) is 20.1. The molecule has 0 aromatic carbocycles.